The molecule has 4 heteroatoms. The van der Waals surface area contributed by atoms with Gasteiger partial charge < -0.3 is 4.98 Å². The van der Waals surface area contributed by atoms with Gasteiger partial charge in [0, 0.05) is 5.69 Å². The quantitative estimate of drug-likeness (QED) is 0.679. The molecule has 19 heavy (non-hydrogen) atoms. The Morgan fingerprint density at radius 1 is 1.16 bits per heavy atom. The van der Waals surface area contributed by atoms with E-state index in [0.29, 0.717) is 10.3 Å². The number of rotatable bonds is 1. The summed E-state index contributed by atoms with van der Waals surface area (Å²) >= 11 is 5.37. The Kier molecular flexibility index (Phi) is 2.69. The second-order valence-electron chi connectivity index (χ2n) is 4.44. The Balaban J connectivity index is 2.34. The monoisotopic (exact) mass is 265 g/mol. The van der Waals surface area contributed by atoms with E-state index in [4.69, 9.17) is 17.5 Å². The van der Waals surface area contributed by atoms with Crippen LogP contribution in [0.1, 0.15) is 11.1 Å². The number of benzene rings is 2. The summed E-state index contributed by atoms with van der Waals surface area (Å²) in [6.45, 7) is 2.05. The number of aromatic nitrogens is 2. The molecule has 3 rings (SSSR count). The van der Waals surface area contributed by atoms with Gasteiger partial charge in [-0.2, -0.15) is 5.26 Å². The molecule has 0 saturated heterocycles. The van der Waals surface area contributed by atoms with Gasteiger partial charge in [-0.15, -0.1) is 0 Å². The van der Waals surface area contributed by atoms with Crippen molar-refractivity contribution in [3.63, 3.8) is 0 Å². The molecule has 0 aliphatic rings. The third-order valence-electron chi connectivity index (χ3n) is 3.10. The van der Waals surface area contributed by atoms with Crippen LogP contribution in [0.5, 0.6) is 0 Å². The Morgan fingerprint density at radius 3 is 2.58 bits per heavy atom. The summed E-state index contributed by atoms with van der Waals surface area (Å²) in [6.07, 6.45) is 0. The number of hydrogen-bond acceptors (Lipinski definition) is 2. The van der Waals surface area contributed by atoms with Gasteiger partial charge in [0.15, 0.2) is 4.77 Å². The van der Waals surface area contributed by atoms with Gasteiger partial charge >= 0.3 is 0 Å². The highest BCUT2D eigenvalue weighted by Crippen LogP contribution is 2.21. The summed E-state index contributed by atoms with van der Waals surface area (Å²) in [5, 5.41) is 9.01. The molecular weight excluding hydrogens is 254 g/mol. The average molecular weight is 265 g/mol. The molecule has 0 spiro atoms. The van der Waals surface area contributed by atoms with Crippen molar-refractivity contribution in [2.24, 2.45) is 0 Å². The van der Waals surface area contributed by atoms with Crippen LogP contribution >= 0.6 is 12.2 Å². The van der Waals surface area contributed by atoms with Crippen LogP contribution in [0.2, 0.25) is 0 Å². The predicted molar refractivity (Wildman–Crippen MR) is 77.9 cm³/mol. The van der Waals surface area contributed by atoms with Gasteiger partial charge in [-0.1, -0.05) is 17.7 Å². The van der Waals surface area contributed by atoms with E-state index in [2.05, 4.69) is 11.1 Å². The smallest absolute Gasteiger partial charge is 0.182 e. The van der Waals surface area contributed by atoms with Gasteiger partial charge in [-0.3, -0.25) is 4.57 Å². The lowest BCUT2D eigenvalue weighted by Crippen LogP contribution is -1.94. The highest BCUT2D eigenvalue weighted by atomic mass is 32.1. The number of aryl methyl sites for hydroxylation is 1. The molecule has 0 unspecified atom stereocenters. The number of nitrogens with zero attached hydrogens (tertiary/aromatic N) is 2. The summed E-state index contributed by atoms with van der Waals surface area (Å²) in [6, 6.07) is 15.8. The first-order chi connectivity index (χ1) is 9.19. The molecule has 92 valence electrons. The maximum Gasteiger partial charge on any atom is 0.182 e. The van der Waals surface area contributed by atoms with Crippen LogP contribution in [-0.2, 0) is 0 Å². The SMILES string of the molecule is Cc1ccc(-n2c(=S)[nH]c3ccc(C#N)cc32)cc1. The van der Waals surface area contributed by atoms with Gasteiger partial charge in [-0.05, 0) is 49.5 Å². The zero-order valence-corrected chi connectivity index (χ0v) is 11.2. The van der Waals surface area contributed by atoms with E-state index >= 15 is 0 Å². The fraction of sp³-hybridized carbons (Fsp3) is 0.0667. The molecular formula is C15H11N3S. The molecule has 0 amide bonds. The van der Waals surface area contributed by atoms with Crippen LogP contribution < -0.4 is 0 Å². The molecule has 0 saturated carbocycles. The zero-order chi connectivity index (χ0) is 13.4. The fourth-order valence-electron chi connectivity index (χ4n) is 2.12. The first-order valence-corrected chi connectivity index (χ1v) is 6.32. The number of nitriles is 1. The lowest BCUT2D eigenvalue weighted by molar-refractivity contribution is 1.06. The Morgan fingerprint density at radius 2 is 1.89 bits per heavy atom. The fourth-order valence-corrected chi connectivity index (χ4v) is 2.44. The minimum absolute atomic E-state index is 0.627. The molecule has 0 atom stereocenters. The van der Waals surface area contributed by atoms with Gasteiger partial charge in [0.05, 0.1) is 22.7 Å². The minimum Gasteiger partial charge on any atom is -0.330 e. The molecule has 0 radical (unpaired) electrons. The Hall–Kier alpha value is -2.38. The van der Waals surface area contributed by atoms with Gasteiger partial charge in [0.2, 0.25) is 0 Å². The van der Waals surface area contributed by atoms with E-state index in [9.17, 15) is 0 Å². The van der Waals surface area contributed by atoms with Crippen molar-refractivity contribution in [1.82, 2.24) is 9.55 Å². The number of hydrogen-bond donors (Lipinski definition) is 1. The lowest BCUT2D eigenvalue weighted by Gasteiger charge is -2.05. The van der Waals surface area contributed by atoms with Crippen molar-refractivity contribution in [3.8, 4) is 11.8 Å². The summed E-state index contributed by atoms with van der Waals surface area (Å²) in [5.41, 5.74) is 4.68. The summed E-state index contributed by atoms with van der Waals surface area (Å²) < 4.78 is 2.58. The molecule has 1 aromatic heterocycles. The molecule has 1 heterocycles. The van der Waals surface area contributed by atoms with E-state index in [0.717, 1.165) is 16.7 Å². The molecule has 1 N–H and O–H groups in total. The predicted octanol–water partition coefficient (Wildman–Crippen LogP) is 3.87. The Labute approximate surface area is 115 Å². The molecule has 0 aliphatic carbocycles. The van der Waals surface area contributed by atoms with Gasteiger partial charge in [-0.25, -0.2) is 0 Å². The topological polar surface area (TPSA) is 44.5 Å². The number of fused-ring (bicyclic) bond motifs is 1. The second kappa shape index (κ2) is 4.38. The van der Waals surface area contributed by atoms with Crippen molar-refractivity contribution in [3.05, 3.63) is 58.4 Å². The van der Waals surface area contributed by atoms with E-state index < -0.39 is 0 Å². The van der Waals surface area contributed by atoms with Gasteiger partial charge in [0.25, 0.3) is 0 Å². The Bertz CT molecular complexity index is 848. The standard InChI is InChI=1S/C15H11N3S/c1-10-2-5-12(6-3-10)18-14-8-11(9-16)4-7-13(14)17-15(18)19/h2-8H,1H3,(H,17,19). The van der Waals surface area contributed by atoms with Crippen LogP contribution in [0.25, 0.3) is 16.7 Å². The van der Waals surface area contributed by atoms with Crippen molar-refractivity contribution in [1.29, 1.82) is 5.26 Å². The van der Waals surface area contributed by atoms with Gasteiger partial charge in [0.1, 0.15) is 0 Å². The van der Waals surface area contributed by atoms with E-state index in [1.54, 1.807) is 6.07 Å². The highest BCUT2D eigenvalue weighted by Gasteiger charge is 2.07. The van der Waals surface area contributed by atoms with E-state index in [1.807, 2.05) is 47.9 Å². The van der Waals surface area contributed by atoms with Crippen LogP contribution in [0.3, 0.4) is 0 Å². The first kappa shape index (κ1) is 11.7. The maximum absolute atomic E-state index is 9.01. The normalized spacial score (nSPS) is 10.5. The van der Waals surface area contributed by atoms with Crippen molar-refractivity contribution in [2.45, 2.75) is 6.92 Å². The third kappa shape index (κ3) is 1.94. The second-order valence-corrected chi connectivity index (χ2v) is 4.83. The summed E-state index contributed by atoms with van der Waals surface area (Å²) in [5.74, 6) is 0. The minimum atomic E-state index is 0.627. The van der Waals surface area contributed by atoms with Crippen molar-refractivity contribution < 1.29 is 0 Å². The third-order valence-corrected chi connectivity index (χ3v) is 3.39. The van der Waals surface area contributed by atoms with Crippen molar-refractivity contribution >= 4 is 23.3 Å². The van der Waals surface area contributed by atoms with Crippen LogP contribution in [-0.4, -0.2) is 9.55 Å². The largest absolute Gasteiger partial charge is 0.330 e. The molecule has 0 aliphatic heterocycles. The summed E-state index contributed by atoms with van der Waals surface area (Å²) in [4.78, 5) is 3.16. The molecule has 0 bridgehead atoms. The lowest BCUT2D eigenvalue weighted by atomic mass is 10.2. The summed E-state index contributed by atoms with van der Waals surface area (Å²) in [7, 11) is 0. The number of H-pyrrole nitrogens is 1. The average Bonchev–Trinajstić information content (AvgIpc) is 2.75. The van der Waals surface area contributed by atoms with Crippen LogP contribution in [0, 0.1) is 23.0 Å². The molecule has 3 aromatic rings. The van der Waals surface area contributed by atoms with E-state index in [1.165, 1.54) is 5.56 Å². The number of nitrogens with one attached hydrogen (secondary N) is 1. The van der Waals surface area contributed by atoms with Crippen LogP contribution in [0.15, 0.2) is 42.5 Å². The maximum atomic E-state index is 9.01. The molecule has 3 nitrogen and oxygen atoms in total. The zero-order valence-electron chi connectivity index (χ0n) is 10.3. The first-order valence-electron chi connectivity index (χ1n) is 5.91. The number of imidazole rings is 1. The highest BCUT2D eigenvalue weighted by molar-refractivity contribution is 7.71. The molecule has 0 fully saturated rings. The van der Waals surface area contributed by atoms with E-state index in [-0.39, 0.29) is 0 Å². The number of aromatic amines is 1. The van der Waals surface area contributed by atoms with Crippen molar-refractivity contribution in [2.75, 3.05) is 0 Å². The molecule has 2 aromatic carbocycles. The van der Waals surface area contributed by atoms with Crippen LogP contribution in [0.4, 0.5) is 0 Å².